The summed E-state index contributed by atoms with van der Waals surface area (Å²) in [4.78, 5) is 15.8. The third-order valence-electron chi connectivity index (χ3n) is 3.06. The number of hydrogen-bond donors (Lipinski definition) is 0. The van der Waals surface area contributed by atoms with E-state index in [9.17, 15) is 4.79 Å². The number of aromatic nitrogens is 3. The van der Waals surface area contributed by atoms with Gasteiger partial charge in [0.15, 0.2) is 0 Å². The van der Waals surface area contributed by atoms with Crippen molar-refractivity contribution in [2.24, 2.45) is 0 Å². The lowest BCUT2D eigenvalue weighted by molar-refractivity contribution is -0.143. The molecule has 1 heterocycles. The Kier molecular flexibility index (Phi) is 4.89. The van der Waals surface area contributed by atoms with Crippen LogP contribution in [0.1, 0.15) is 16.7 Å². The Morgan fingerprint density at radius 2 is 2.05 bits per heavy atom. The lowest BCUT2D eigenvalue weighted by atomic mass is 10.0. The van der Waals surface area contributed by atoms with Crippen molar-refractivity contribution in [1.29, 1.82) is 0 Å². The molecule has 106 valence electrons. The lowest BCUT2D eigenvalue weighted by Gasteiger charge is -2.09. The molecule has 0 amide bonds. The number of ether oxygens (including phenoxy) is 1. The van der Waals surface area contributed by atoms with Crippen LogP contribution in [0.25, 0.3) is 0 Å². The highest BCUT2D eigenvalue weighted by atomic mass is 79.9. The van der Waals surface area contributed by atoms with Gasteiger partial charge >= 0.3 is 5.97 Å². The van der Waals surface area contributed by atoms with Crippen LogP contribution < -0.4 is 0 Å². The molecule has 0 atom stereocenters. The fourth-order valence-electron chi connectivity index (χ4n) is 1.96. The van der Waals surface area contributed by atoms with E-state index in [2.05, 4.69) is 26.0 Å². The van der Waals surface area contributed by atoms with Crippen molar-refractivity contribution in [1.82, 2.24) is 14.8 Å². The Morgan fingerprint density at radius 1 is 1.35 bits per heavy atom. The van der Waals surface area contributed by atoms with Gasteiger partial charge in [0.2, 0.25) is 4.73 Å². The maximum absolute atomic E-state index is 11.8. The number of nitrogens with zero attached hydrogens (tertiary/aromatic N) is 3. The number of benzene rings is 1. The first kappa shape index (κ1) is 14.7. The summed E-state index contributed by atoms with van der Waals surface area (Å²) in [6.07, 6.45) is 1.89. The van der Waals surface area contributed by atoms with Crippen molar-refractivity contribution in [3.05, 3.63) is 46.0 Å². The van der Waals surface area contributed by atoms with Crippen molar-refractivity contribution >= 4 is 21.9 Å². The molecule has 0 saturated carbocycles. The molecule has 0 aliphatic rings. The summed E-state index contributed by atoms with van der Waals surface area (Å²) >= 11 is 3.16. The summed E-state index contributed by atoms with van der Waals surface area (Å²) in [6, 6.07) is 5.99. The Balaban J connectivity index is 1.84. The fourth-order valence-corrected chi connectivity index (χ4v) is 2.25. The molecule has 0 bridgehead atoms. The van der Waals surface area contributed by atoms with Crippen molar-refractivity contribution in [3.8, 4) is 0 Å². The molecule has 0 fully saturated rings. The van der Waals surface area contributed by atoms with Crippen molar-refractivity contribution < 1.29 is 9.53 Å². The number of carbonyl (C=O) groups is 1. The second-order valence-electron chi connectivity index (χ2n) is 4.54. The van der Waals surface area contributed by atoms with Crippen molar-refractivity contribution in [2.45, 2.75) is 26.8 Å². The highest BCUT2D eigenvalue weighted by molar-refractivity contribution is 9.10. The first-order valence-corrected chi connectivity index (χ1v) is 7.11. The van der Waals surface area contributed by atoms with Gasteiger partial charge in [-0.15, -0.1) is 5.10 Å². The summed E-state index contributed by atoms with van der Waals surface area (Å²) in [7, 11) is 0. The van der Waals surface area contributed by atoms with E-state index in [4.69, 9.17) is 4.74 Å². The molecule has 1 aromatic carbocycles. The second kappa shape index (κ2) is 6.65. The molecule has 20 heavy (non-hydrogen) atoms. The molecule has 0 N–H and O–H groups in total. The van der Waals surface area contributed by atoms with E-state index in [1.165, 1.54) is 0 Å². The SMILES string of the molecule is Cc1cccc(C)c1CC(=O)OCCn1cnc(Br)n1. The average molecular weight is 338 g/mol. The van der Waals surface area contributed by atoms with Crippen LogP contribution in [0.2, 0.25) is 0 Å². The van der Waals surface area contributed by atoms with Crippen LogP contribution >= 0.6 is 15.9 Å². The normalized spacial score (nSPS) is 10.6. The Labute approximate surface area is 126 Å². The predicted octanol–water partition coefficient (Wildman–Crippen LogP) is 2.44. The minimum Gasteiger partial charge on any atom is -0.463 e. The van der Waals surface area contributed by atoms with Crippen LogP contribution in [-0.4, -0.2) is 27.3 Å². The molecule has 1 aromatic heterocycles. The highest BCUT2D eigenvalue weighted by Gasteiger charge is 2.09. The number of esters is 1. The molecule has 0 saturated heterocycles. The van der Waals surface area contributed by atoms with Gasteiger partial charge in [0.05, 0.1) is 13.0 Å². The zero-order chi connectivity index (χ0) is 14.5. The van der Waals surface area contributed by atoms with Crippen LogP contribution in [0.3, 0.4) is 0 Å². The van der Waals surface area contributed by atoms with E-state index >= 15 is 0 Å². The largest absolute Gasteiger partial charge is 0.463 e. The third kappa shape index (κ3) is 3.90. The smallest absolute Gasteiger partial charge is 0.310 e. The molecule has 2 rings (SSSR count). The zero-order valence-electron chi connectivity index (χ0n) is 11.5. The van der Waals surface area contributed by atoms with E-state index < -0.39 is 0 Å². The van der Waals surface area contributed by atoms with Crippen LogP contribution in [0.5, 0.6) is 0 Å². The van der Waals surface area contributed by atoms with Gasteiger partial charge in [0, 0.05) is 0 Å². The quantitative estimate of drug-likeness (QED) is 0.786. The molecule has 5 nitrogen and oxygen atoms in total. The molecular weight excluding hydrogens is 322 g/mol. The van der Waals surface area contributed by atoms with E-state index in [-0.39, 0.29) is 5.97 Å². The average Bonchev–Trinajstić information content (AvgIpc) is 2.80. The van der Waals surface area contributed by atoms with Gasteiger partial charge in [-0.25, -0.2) is 9.67 Å². The number of rotatable bonds is 5. The standard InChI is InChI=1S/C14H16BrN3O2/c1-10-4-3-5-11(2)12(10)8-13(19)20-7-6-18-9-16-14(15)17-18/h3-5,9H,6-8H2,1-2H3. The van der Waals surface area contributed by atoms with Gasteiger partial charge in [-0.2, -0.15) is 0 Å². The fraction of sp³-hybridized carbons (Fsp3) is 0.357. The van der Waals surface area contributed by atoms with Gasteiger partial charge in [0.25, 0.3) is 0 Å². The second-order valence-corrected chi connectivity index (χ2v) is 5.25. The highest BCUT2D eigenvalue weighted by Crippen LogP contribution is 2.14. The Bertz CT molecular complexity index is 590. The van der Waals surface area contributed by atoms with Gasteiger partial charge in [-0.1, -0.05) is 18.2 Å². The van der Waals surface area contributed by atoms with Gasteiger partial charge < -0.3 is 4.74 Å². The van der Waals surface area contributed by atoms with Crippen LogP contribution in [0.15, 0.2) is 29.3 Å². The molecular formula is C14H16BrN3O2. The maximum atomic E-state index is 11.8. The molecule has 0 aliphatic carbocycles. The number of carbonyl (C=O) groups excluding carboxylic acids is 1. The van der Waals surface area contributed by atoms with Crippen molar-refractivity contribution in [3.63, 3.8) is 0 Å². The first-order valence-electron chi connectivity index (χ1n) is 6.32. The predicted molar refractivity (Wildman–Crippen MR) is 78.3 cm³/mol. The summed E-state index contributed by atoms with van der Waals surface area (Å²) in [5.74, 6) is -0.221. The topological polar surface area (TPSA) is 57.0 Å². The molecule has 0 unspecified atom stereocenters. The lowest BCUT2D eigenvalue weighted by Crippen LogP contribution is -2.14. The van der Waals surface area contributed by atoms with Crippen LogP contribution in [0, 0.1) is 13.8 Å². The Hall–Kier alpha value is -1.69. The van der Waals surface area contributed by atoms with Crippen LogP contribution in [-0.2, 0) is 22.5 Å². The monoisotopic (exact) mass is 337 g/mol. The van der Waals surface area contributed by atoms with Crippen LogP contribution in [0.4, 0.5) is 0 Å². The van der Waals surface area contributed by atoms with Gasteiger partial charge in [0.1, 0.15) is 12.9 Å². The first-order chi connectivity index (χ1) is 9.56. The van der Waals surface area contributed by atoms with Gasteiger partial charge in [-0.05, 0) is 46.5 Å². The summed E-state index contributed by atoms with van der Waals surface area (Å²) in [5, 5.41) is 4.05. The van der Waals surface area contributed by atoms with E-state index in [0.29, 0.717) is 24.3 Å². The summed E-state index contributed by atoms with van der Waals surface area (Å²) in [6.45, 7) is 4.79. The number of halogens is 1. The van der Waals surface area contributed by atoms with Crippen molar-refractivity contribution in [2.75, 3.05) is 6.61 Å². The minimum atomic E-state index is -0.221. The molecule has 2 aromatic rings. The molecule has 0 aliphatic heterocycles. The molecule has 0 radical (unpaired) electrons. The molecule has 6 heteroatoms. The zero-order valence-corrected chi connectivity index (χ0v) is 13.1. The van der Waals surface area contributed by atoms with E-state index in [1.54, 1.807) is 11.0 Å². The Morgan fingerprint density at radius 3 is 2.65 bits per heavy atom. The van der Waals surface area contributed by atoms with E-state index in [0.717, 1.165) is 16.7 Å². The maximum Gasteiger partial charge on any atom is 0.310 e. The number of hydrogen-bond acceptors (Lipinski definition) is 4. The van der Waals surface area contributed by atoms with Gasteiger partial charge in [-0.3, -0.25) is 4.79 Å². The minimum absolute atomic E-state index is 0.221. The number of aryl methyl sites for hydroxylation is 2. The summed E-state index contributed by atoms with van der Waals surface area (Å²) < 4.78 is 7.37. The summed E-state index contributed by atoms with van der Waals surface area (Å²) in [5.41, 5.74) is 3.27. The third-order valence-corrected chi connectivity index (χ3v) is 3.42. The van der Waals surface area contributed by atoms with E-state index in [1.807, 2.05) is 32.0 Å². The molecule has 0 spiro atoms.